The fourth-order valence-electron chi connectivity index (χ4n) is 4.12. The highest BCUT2D eigenvalue weighted by molar-refractivity contribution is 8.22. The molecular formula is C20H25NO5S2. The summed E-state index contributed by atoms with van der Waals surface area (Å²) in [4.78, 5) is 26.9. The van der Waals surface area contributed by atoms with E-state index in [1.54, 1.807) is 6.92 Å². The molecule has 152 valence electrons. The van der Waals surface area contributed by atoms with Crippen molar-refractivity contribution in [3.05, 3.63) is 35.9 Å². The maximum absolute atomic E-state index is 12.8. The van der Waals surface area contributed by atoms with Crippen molar-refractivity contribution in [1.29, 1.82) is 0 Å². The number of carbonyl (C=O) groups excluding carboxylic acids is 2. The number of likely N-dealkylation sites (tertiary alicyclic amines) is 1. The molecule has 1 heterocycles. The number of hydrogen-bond acceptors (Lipinski definition) is 7. The summed E-state index contributed by atoms with van der Waals surface area (Å²) in [6.07, 6.45) is 2.89. The summed E-state index contributed by atoms with van der Waals surface area (Å²) in [6, 6.07) is 8.83. The average molecular weight is 424 g/mol. The van der Waals surface area contributed by atoms with Crippen LogP contribution in [0, 0.1) is 11.8 Å². The Balaban J connectivity index is 1.71. The molecule has 6 nitrogen and oxygen atoms in total. The van der Waals surface area contributed by atoms with Crippen LogP contribution in [0.15, 0.2) is 30.3 Å². The molecule has 28 heavy (non-hydrogen) atoms. The molecule has 1 saturated carbocycles. The molecule has 1 saturated heterocycles. The van der Waals surface area contributed by atoms with Crippen LogP contribution in [0.25, 0.3) is 0 Å². The predicted molar refractivity (Wildman–Crippen MR) is 111 cm³/mol. The van der Waals surface area contributed by atoms with Gasteiger partial charge in [-0.15, -0.1) is 0 Å². The van der Waals surface area contributed by atoms with Gasteiger partial charge in [-0.25, -0.2) is 9.59 Å². The number of nitrogens with zero attached hydrogens (tertiary/aromatic N) is 1. The van der Waals surface area contributed by atoms with Gasteiger partial charge >= 0.3 is 12.1 Å². The number of fused-ring (bicyclic) bond motifs is 1. The Morgan fingerprint density at radius 2 is 1.93 bits per heavy atom. The van der Waals surface area contributed by atoms with Gasteiger partial charge in [-0.2, -0.15) is 0 Å². The van der Waals surface area contributed by atoms with E-state index in [1.165, 1.54) is 16.7 Å². The Bertz CT molecular complexity index is 714. The van der Waals surface area contributed by atoms with Gasteiger partial charge in [-0.05, 0) is 49.7 Å². The van der Waals surface area contributed by atoms with Crippen molar-refractivity contribution in [3.63, 3.8) is 0 Å². The van der Waals surface area contributed by atoms with E-state index in [0.29, 0.717) is 10.9 Å². The van der Waals surface area contributed by atoms with Gasteiger partial charge in [-0.1, -0.05) is 42.1 Å². The van der Waals surface area contributed by atoms with Gasteiger partial charge in [0.05, 0.1) is 6.61 Å². The summed E-state index contributed by atoms with van der Waals surface area (Å²) < 4.78 is 17.1. The number of hydrogen-bond donors (Lipinski definition) is 0. The molecular weight excluding hydrogens is 398 g/mol. The van der Waals surface area contributed by atoms with Crippen molar-refractivity contribution in [2.24, 2.45) is 11.8 Å². The van der Waals surface area contributed by atoms with Crippen LogP contribution in [-0.2, 0) is 25.6 Å². The molecule has 0 bridgehead atoms. The highest BCUT2D eigenvalue weighted by atomic mass is 32.2. The normalized spacial score (nSPS) is 25.9. The molecule has 1 aliphatic carbocycles. The molecule has 1 amide bonds. The largest absolute Gasteiger partial charge is 0.475 e. The van der Waals surface area contributed by atoms with Gasteiger partial charge in [-0.3, -0.25) is 4.90 Å². The number of rotatable bonds is 5. The van der Waals surface area contributed by atoms with Crippen molar-refractivity contribution in [2.45, 2.75) is 38.5 Å². The molecule has 2 aliphatic rings. The predicted octanol–water partition coefficient (Wildman–Crippen LogP) is 3.63. The van der Waals surface area contributed by atoms with E-state index in [0.717, 1.165) is 18.4 Å². The summed E-state index contributed by atoms with van der Waals surface area (Å²) in [5.74, 6) is -0.332. The number of ether oxygens (including phenoxy) is 3. The van der Waals surface area contributed by atoms with Gasteiger partial charge in [0.2, 0.25) is 4.38 Å². The Morgan fingerprint density at radius 1 is 1.18 bits per heavy atom. The minimum Gasteiger partial charge on any atom is -0.475 e. The van der Waals surface area contributed by atoms with Crippen LogP contribution < -0.4 is 0 Å². The fourth-order valence-corrected chi connectivity index (χ4v) is 4.46. The summed E-state index contributed by atoms with van der Waals surface area (Å²) in [5.41, 5.74) is 0.898. The van der Waals surface area contributed by atoms with Crippen LogP contribution >= 0.6 is 24.0 Å². The highest BCUT2D eigenvalue weighted by Gasteiger charge is 2.55. The van der Waals surface area contributed by atoms with Gasteiger partial charge < -0.3 is 14.2 Å². The van der Waals surface area contributed by atoms with Crippen LogP contribution in [0.3, 0.4) is 0 Å². The minimum absolute atomic E-state index is 0.00187. The lowest BCUT2D eigenvalue weighted by molar-refractivity contribution is -0.149. The van der Waals surface area contributed by atoms with Crippen molar-refractivity contribution >= 4 is 40.4 Å². The lowest BCUT2D eigenvalue weighted by Crippen LogP contribution is -2.44. The molecule has 2 fully saturated rings. The molecule has 3 rings (SSSR count). The first-order chi connectivity index (χ1) is 13.5. The standard InChI is InChI=1S/C20H25NO5S2/c1-3-24-18(22)17-14-9-10-16(26-20(27)28-2)15(14)11-21(17)19(23)25-12-13-7-5-4-6-8-13/h4-8,14-17H,3,9-12H2,1-2H3/t14-,15-,16-,17-/m0/s1. The summed E-state index contributed by atoms with van der Waals surface area (Å²) in [5, 5.41) is 0. The molecule has 0 unspecified atom stereocenters. The van der Waals surface area contributed by atoms with E-state index in [2.05, 4.69) is 0 Å². The van der Waals surface area contributed by atoms with Gasteiger partial charge in [0, 0.05) is 12.5 Å². The maximum Gasteiger partial charge on any atom is 0.410 e. The third-order valence-electron chi connectivity index (χ3n) is 5.34. The second kappa shape index (κ2) is 9.60. The van der Waals surface area contributed by atoms with E-state index in [9.17, 15) is 9.59 Å². The Kier molecular flexibility index (Phi) is 7.18. The maximum atomic E-state index is 12.8. The van der Waals surface area contributed by atoms with E-state index < -0.39 is 12.1 Å². The van der Waals surface area contributed by atoms with Crippen LogP contribution in [0.4, 0.5) is 4.79 Å². The third-order valence-corrected chi connectivity index (χ3v) is 6.37. The lowest BCUT2D eigenvalue weighted by Gasteiger charge is -2.25. The van der Waals surface area contributed by atoms with Gasteiger partial charge in [0.25, 0.3) is 0 Å². The van der Waals surface area contributed by atoms with Crippen molar-refractivity contribution in [1.82, 2.24) is 4.90 Å². The van der Waals surface area contributed by atoms with Crippen molar-refractivity contribution < 1.29 is 23.8 Å². The van der Waals surface area contributed by atoms with E-state index in [-0.39, 0.29) is 37.1 Å². The monoisotopic (exact) mass is 423 g/mol. The second-order valence-electron chi connectivity index (χ2n) is 6.90. The minimum atomic E-state index is -0.635. The molecule has 4 atom stereocenters. The molecule has 1 aromatic carbocycles. The number of amides is 1. The Hall–Kier alpha value is -1.80. The quantitative estimate of drug-likeness (QED) is 0.529. The van der Waals surface area contributed by atoms with Crippen LogP contribution in [-0.4, -0.2) is 52.9 Å². The SMILES string of the molecule is CCOC(=O)[C@@H]1[C@H]2CC[C@H](OC(=S)SC)[C@H]2CN1C(=O)OCc1ccccc1. The Morgan fingerprint density at radius 3 is 2.61 bits per heavy atom. The first-order valence-electron chi connectivity index (χ1n) is 9.43. The zero-order chi connectivity index (χ0) is 20.1. The van der Waals surface area contributed by atoms with Crippen LogP contribution in [0.5, 0.6) is 0 Å². The third kappa shape index (κ3) is 4.60. The molecule has 1 aromatic rings. The molecule has 0 spiro atoms. The average Bonchev–Trinajstić information content (AvgIpc) is 3.27. The number of carbonyl (C=O) groups is 2. The second-order valence-corrected chi connectivity index (χ2v) is 8.31. The summed E-state index contributed by atoms with van der Waals surface area (Å²) in [6.45, 7) is 2.61. The summed E-state index contributed by atoms with van der Waals surface area (Å²) in [7, 11) is 0. The first-order valence-corrected chi connectivity index (χ1v) is 11.1. The smallest absolute Gasteiger partial charge is 0.410 e. The van der Waals surface area contributed by atoms with Gasteiger partial charge in [0.1, 0.15) is 18.8 Å². The molecule has 0 N–H and O–H groups in total. The van der Waals surface area contributed by atoms with Gasteiger partial charge in [0.15, 0.2) is 0 Å². The fraction of sp³-hybridized carbons (Fsp3) is 0.550. The molecule has 0 radical (unpaired) electrons. The van der Waals surface area contributed by atoms with E-state index in [4.69, 9.17) is 26.4 Å². The van der Waals surface area contributed by atoms with Crippen LogP contribution in [0.2, 0.25) is 0 Å². The van der Waals surface area contributed by atoms with Crippen molar-refractivity contribution in [2.75, 3.05) is 19.4 Å². The lowest BCUT2D eigenvalue weighted by atomic mass is 9.93. The van der Waals surface area contributed by atoms with Crippen LogP contribution in [0.1, 0.15) is 25.3 Å². The number of thioether (sulfide) groups is 1. The Labute approximate surface area is 174 Å². The van der Waals surface area contributed by atoms with E-state index >= 15 is 0 Å². The zero-order valence-electron chi connectivity index (χ0n) is 16.0. The number of benzene rings is 1. The molecule has 8 heteroatoms. The highest BCUT2D eigenvalue weighted by Crippen LogP contribution is 2.44. The number of thiocarbonyl (C=S) groups is 1. The first kappa shape index (κ1) is 20.9. The molecule has 1 aliphatic heterocycles. The topological polar surface area (TPSA) is 65.1 Å². The zero-order valence-corrected chi connectivity index (χ0v) is 17.7. The molecule has 0 aromatic heterocycles. The van der Waals surface area contributed by atoms with Crippen molar-refractivity contribution in [3.8, 4) is 0 Å². The summed E-state index contributed by atoms with van der Waals surface area (Å²) >= 11 is 6.58. The number of esters is 1. The van der Waals surface area contributed by atoms with E-state index in [1.807, 2.05) is 36.6 Å².